The first-order chi connectivity index (χ1) is 7.13. The second kappa shape index (κ2) is 4.85. The third-order valence-electron chi connectivity index (χ3n) is 1.62. The molecule has 0 spiro atoms. The van der Waals surface area contributed by atoms with E-state index in [4.69, 9.17) is 21.4 Å². The third-order valence-corrected chi connectivity index (χ3v) is 1.62. The number of carbonyl (C=O) groups is 1. The number of nitrogens with zero attached hydrogens (tertiary/aromatic N) is 1. The van der Waals surface area contributed by atoms with Crippen LogP contribution in [0, 0.1) is 0 Å². The van der Waals surface area contributed by atoms with Gasteiger partial charge in [-0.3, -0.25) is 4.79 Å². The molecule has 6 heteroatoms. The average molecular weight is 209 g/mol. The number of amidine groups is 1. The van der Waals surface area contributed by atoms with E-state index in [1.165, 1.54) is 6.07 Å². The Bertz CT molecular complexity index is 390. The molecule has 0 heterocycles. The molecule has 0 aliphatic heterocycles. The van der Waals surface area contributed by atoms with Crippen LogP contribution >= 0.6 is 0 Å². The molecule has 0 aromatic heterocycles. The summed E-state index contributed by atoms with van der Waals surface area (Å²) in [5.74, 6) is -0.165. The van der Waals surface area contributed by atoms with E-state index < -0.39 is 5.91 Å². The fourth-order valence-electron chi connectivity index (χ4n) is 0.957. The molecule has 1 rings (SSSR count). The van der Waals surface area contributed by atoms with Gasteiger partial charge in [-0.2, -0.15) is 0 Å². The van der Waals surface area contributed by atoms with Crippen LogP contribution in [-0.2, 0) is 4.79 Å². The number of carbonyl (C=O) groups excluding carboxylic acids is 1. The zero-order valence-corrected chi connectivity index (χ0v) is 7.88. The summed E-state index contributed by atoms with van der Waals surface area (Å²) < 4.78 is 5.04. The zero-order valence-electron chi connectivity index (χ0n) is 7.88. The van der Waals surface area contributed by atoms with Gasteiger partial charge in [-0.25, -0.2) is 0 Å². The molecule has 0 aliphatic rings. The molecule has 0 saturated carbocycles. The molecule has 6 nitrogen and oxygen atoms in total. The van der Waals surface area contributed by atoms with Crippen LogP contribution in [0.2, 0.25) is 0 Å². The number of primary amides is 1. The van der Waals surface area contributed by atoms with E-state index >= 15 is 0 Å². The monoisotopic (exact) mass is 209 g/mol. The van der Waals surface area contributed by atoms with Crippen molar-refractivity contribution in [3.63, 3.8) is 0 Å². The molecule has 0 radical (unpaired) electrons. The summed E-state index contributed by atoms with van der Waals surface area (Å²) in [6.45, 7) is -0.209. The molecule has 0 saturated heterocycles. The van der Waals surface area contributed by atoms with E-state index in [2.05, 4.69) is 5.16 Å². The summed E-state index contributed by atoms with van der Waals surface area (Å²) in [4.78, 5) is 10.5. The van der Waals surface area contributed by atoms with Crippen molar-refractivity contribution in [2.75, 3.05) is 6.61 Å². The highest BCUT2D eigenvalue weighted by Gasteiger charge is 2.02. The van der Waals surface area contributed by atoms with Gasteiger partial charge in [0, 0.05) is 5.56 Å². The first-order valence-corrected chi connectivity index (χ1v) is 4.12. The Kier molecular flexibility index (Phi) is 3.50. The average Bonchev–Trinajstić information content (AvgIpc) is 2.25. The molecule has 5 N–H and O–H groups in total. The SMILES string of the molecule is NC(=O)COc1cccc(C(N)=NO)c1. The van der Waals surface area contributed by atoms with Crippen LogP contribution in [0.1, 0.15) is 5.56 Å². The Balaban J connectivity index is 2.79. The maximum Gasteiger partial charge on any atom is 0.255 e. The number of amides is 1. The third kappa shape index (κ3) is 3.18. The fourth-order valence-corrected chi connectivity index (χ4v) is 0.957. The van der Waals surface area contributed by atoms with Gasteiger partial charge >= 0.3 is 0 Å². The number of benzene rings is 1. The van der Waals surface area contributed by atoms with Crippen molar-refractivity contribution in [1.82, 2.24) is 0 Å². The lowest BCUT2D eigenvalue weighted by Crippen LogP contribution is -2.20. The van der Waals surface area contributed by atoms with Crippen LogP contribution in [0.25, 0.3) is 0 Å². The van der Waals surface area contributed by atoms with E-state index in [0.29, 0.717) is 11.3 Å². The van der Waals surface area contributed by atoms with Crippen molar-refractivity contribution in [3.8, 4) is 5.75 Å². The summed E-state index contributed by atoms with van der Waals surface area (Å²) in [6.07, 6.45) is 0. The normalized spacial score (nSPS) is 11.1. The van der Waals surface area contributed by atoms with Crippen molar-refractivity contribution in [2.24, 2.45) is 16.6 Å². The lowest BCUT2D eigenvalue weighted by molar-refractivity contribution is -0.119. The standard InChI is InChI=1S/C9H11N3O3/c10-8(13)5-15-7-3-1-2-6(4-7)9(11)12-14/h1-4,14H,5H2,(H2,10,13)(H2,11,12). The zero-order chi connectivity index (χ0) is 11.3. The number of hydrogen-bond acceptors (Lipinski definition) is 4. The minimum Gasteiger partial charge on any atom is -0.484 e. The summed E-state index contributed by atoms with van der Waals surface area (Å²) in [6, 6.07) is 6.48. The van der Waals surface area contributed by atoms with Gasteiger partial charge in [0.15, 0.2) is 12.4 Å². The maximum absolute atomic E-state index is 10.5. The Morgan fingerprint density at radius 1 is 1.47 bits per heavy atom. The molecule has 0 atom stereocenters. The first-order valence-electron chi connectivity index (χ1n) is 4.12. The lowest BCUT2D eigenvalue weighted by Gasteiger charge is -2.05. The molecule has 0 unspecified atom stereocenters. The van der Waals surface area contributed by atoms with Crippen molar-refractivity contribution in [3.05, 3.63) is 29.8 Å². The summed E-state index contributed by atoms with van der Waals surface area (Å²) in [7, 11) is 0. The highest BCUT2D eigenvalue weighted by molar-refractivity contribution is 5.97. The van der Waals surface area contributed by atoms with Gasteiger partial charge in [-0.05, 0) is 12.1 Å². The van der Waals surface area contributed by atoms with Crippen molar-refractivity contribution >= 4 is 11.7 Å². The van der Waals surface area contributed by atoms with Gasteiger partial charge in [0.25, 0.3) is 5.91 Å². The molecular weight excluding hydrogens is 198 g/mol. The molecule has 1 aromatic carbocycles. The molecule has 80 valence electrons. The molecule has 0 fully saturated rings. The minimum atomic E-state index is -0.566. The Labute approximate surface area is 86.1 Å². The predicted octanol–water partition coefficient (Wildman–Crippen LogP) is -0.355. The van der Waals surface area contributed by atoms with Crippen molar-refractivity contribution in [2.45, 2.75) is 0 Å². The van der Waals surface area contributed by atoms with Crippen molar-refractivity contribution in [1.29, 1.82) is 0 Å². The molecular formula is C9H11N3O3. The van der Waals surface area contributed by atoms with Gasteiger partial charge in [0.05, 0.1) is 0 Å². The second-order valence-corrected chi connectivity index (χ2v) is 2.77. The van der Waals surface area contributed by atoms with Gasteiger partial charge in [-0.1, -0.05) is 17.3 Å². The summed E-state index contributed by atoms with van der Waals surface area (Å²) >= 11 is 0. The van der Waals surface area contributed by atoms with Gasteiger partial charge < -0.3 is 21.4 Å². The number of nitrogens with two attached hydrogens (primary N) is 2. The predicted molar refractivity (Wildman–Crippen MR) is 53.6 cm³/mol. The maximum atomic E-state index is 10.5. The number of rotatable bonds is 4. The van der Waals surface area contributed by atoms with Crippen LogP contribution in [-0.4, -0.2) is 23.6 Å². The van der Waals surface area contributed by atoms with Crippen LogP contribution in [0.15, 0.2) is 29.4 Å². The minimum absolute atomic E-state index is 0.0282. The van der Waals surface area contributed by atoms with Gasteiger partial charge in [0.1, 0.15) is 5.75 Å². The van der Waals surface area contributed by atoms with E-state index in [1.54, 1.807) is 18.2 Å². The van der Waals surface area contributed by atoms with E-state index in [0.717, 1.165) is 0 Å². The van der Waals surface area contributed by atoms with Crippen LogP contribution in [0.5, 0.6) is 5.75 Å². The van der Waals surface area contributed by atoms with Crippen LogP contribution in [0.3, 0.4) is 0 Å². The largest absolute Gasteiger partial charge is 0.484 e. The number of hydrogen-bond donors (Lipinski definition) is 3. The van der Waals surface area contributed by atoms with Crippen LogP contribution in [0.4, 0.5) is 0 Å². The highest BCUT2D eigenvalue weighted by atomic mass is 16.5. The molecule has 1 amide bonds. The fraction of sp³-hybridized carbons (Fsp3) is 0.111. The second-order valence-electron chi connectivity index (χ2n) is 2.77. The summed E-state index contributed by atoms with van der Waals surface area (Å²) in [5, 5.41) is 11.3. The van der Waals surface area contributed by atoms with Gasteiger partial charge in [0.2, 0.25) is 0 Å². The number of ether oxygens (including phenoxy) is 1. The Hall–Kier alpha value is -2.24. The van der Waals surface area contributed by atoms with Gasteiger partial charge in [-0.15, -0.1) is 0 Å². The molecule has 15 heavy (non-hydrogen) atoms. The highest BCUT2D eigenvalue weighted by Crippen LogP contribution is 2.12. The van der Waals surface area contributed by atoms with E-state index in [1.807, 2.05) is 0 Å². The number of oxime groups is 1. The quantitative estimate of drug-likeness (QED) is 0.272. The molecule has 1 aromatic rings. The Morgan fingerprint density at radius 2 is 2.20 bits per heavy atom. The summed E-state index contributed by atoms with van der Waals surface area (Å²) in [5.41, 5.74) is 10.8. The van der Waals surface area contributed by atoms with Crippen molar-refractivity contribution < 1.29 is 14.7 Å². The molecule has 0 aliphatic carbocycles. The first kappa shape index (κ1) is 10.8. The lowest BCUT2D eigenvalue weighted by atomic mass is 10.2. The topological polar surface area (TPSA) is 111 Å². The Morgan fingerprint density at radius 3 is 2.80 bits per heavy atom. The molecule has 0 bridgehead atoms. The van der Waals surface area contributed by atoms with E-state index in [-0.39, 0.29) is 12.4 Å². The van der Waals surface area contributed by atoms with Crippen LogP contribution < -0.4 is 16.2 Å². The van der Waals surface area contributed by atoms with E-state index in [9.17, 15) is 4.79 Å². The smallest absolute Gasteiger partial charge is 0.255 e.